The maximum absolute atomic E-state index is 13.1. The third-order valence-corrected chi connectivity index (χ3v) is 4.68. The molecule has 7 nitrogen and oxygen atoms in total. The molecule has 0 atom stereocenters. The highest BCUT2D eigenvalue weighted by Gasteiger charge is 2.21. The normalized spacial score (nSPS) is 12.9. The molecule has 0 saturated heterocycles. The summed E-state index contributed by atoms with van der Waals surface area (Å²) in [4.78, 5) is 11.7. The number of halogens is 2. The molecule has 0 aromatic heterocycles. The Bertz CT molecular complexity index is 934. The van der Waals surface area contributed by atoms with Crippen molar-refractivity contribution in [2.75, 3.05) is 18.7 Å². The lowest BCUT2D eigenvalue weighted by Crippen LogP contribution is -2.32. The first-order valence-corrected chi connectivity index (χ1v) is 8.48. The van der Waals surface area contributed by atoms with Crippen LogP contribution < -0.4 is 19.5 Å². The summed E-state index contributed by atoms with van der Waals surface area (Å²) in [7, 11) is -3.96. The van der Waals surface area contributed by atoms with Gasteiger partial charge in [0.25, 0.3) is 0 Å². The monoisotopic (exact) mass is 370 g/mol. The first-order valence-electron chi connectivity index (χ1n) is 6.99. The standard InChI is InChI=1S/C15H12F2N2O5S/c16-11-3-1-9(5-12(11)17)19-15(20)7-18-25(21,22)10-2-4-13-14(6-10)24-8-23-13/h1-6,18H,7-8H2,(H,19,20). The predicted octanol–water partition coefficient (Wildman–Crippen LogP) is 1.61. The third kappa shape index (κ3) is 3.86. The lowest BCUT2D eigenvalue weighted by Gasteiger charge is -2.08. The van der Waals surface area contributed by atoms with Crippen molar-refractivity contribution < 1.29 is 31.5 Å². The number of carbonyl (C=O) groups is 1. The number of ether oxygens (including phenoxy) is 2. The number of rotatable bonds is 5. The van der Waals surface area contributed by atoms with Crippen molar-refractivity contribution in [3.63, 3.8) is 0 Å². The summed E-state index contributed by atoms with van der Waals surface area (Å²) in [6.07, 6.45) is 0. The Balaban J connectivity index is 1.63. The minimum absolute atomic E-state index is 0.00288. The highest BCUT2D eigenvalue weighted by Crippen LogP contribution is 2.33. The van der Waals surface area contributed by atoms with E-state index < -0.39 is 34.1 Å². The van der Waals surface area contributed by atoms with Gasteiger partial charge in [0.15, 0.2) is 23.1 Å². The molecule has 0 unspecified atom stereocenters. The van der Waals surface area contributed by atoms with Crippen molar-refractivity contribution >= 4 is 21.6 Å². The molecule has 0 aliphatic carbocycles. The first kappa shape index (κ1) is 17.1. The number of hydrogen-bond donors (Lipinski definition) is 2. The van der Waals surface area contributed by atoms with Crippen LogP contribution in [0.15, 0.2) is 41.3 Å². The second-order valence-electron chi connectivity index (χ2n) is 5.02. The number of anilines is 1. The van der Waals surface area contributed by atoms with Crippen LogP contribution in [0.4, 0.5) is 14.5 Å². The second-order valence-corrected chi connectivity index (χ2v) is 6.78. The van der Waals surface area contributed by atoms with Crippen LogP contribution in [-0.4, -0.2) is 27.7 Å². The molecule has 2 N–H and O–H groups in total. The van der Waals surface area contributed by atoms with Crippen LogP contribution in [-0.2, 0) is 14.8 Å². The van der Waals surface area contributed by atoms with Crippen LogP contribution in [0.3, 0.4) is 0 Å². The molecule has 0 saturated carbocycles. The predicted molar refractivity (Wildman–Crippen MR) is 82.7 cm³/mol. The van der Waals surface area contributed by atoms with E-state index in [1.54, 1.807) is 0 Å². The molecule has 1 amide bonds. The Labute approximate surface area is 141 Å². The molecule has 0 bridgehead atoms. The fourth-order valence-corrected chi connectivity index (χ4v) is 3.06. The smallest absolute Gasteiger partial charge is 0.241 e. The minimum atomic E-state index is -3.96. The van der Waals surface area contributed by atoms with Crippen LogP contribution in [0.5, 0.6) is 11.5 Å². The fourth-order valence-electron chi connectivity index (χ4n) is 2.07. The van der Waals surface area contributed by atoms with Crippen molar-refractivity contribution in [1.29, 1.82) is 0 Å². The molecular formula is C15H12F2N2O5S. The molecule has 0 spiro atoms. The molecular weight excluding hydrogens is 358 g/mol. The van der Waals surface area contributed by atoms with Gasteiger partial charge in [-0.05, 0) is 24.3 Å². The molecule has 0 radical (unpaired) electrons. The van der Waals surface area contributed by atoms with Gasteiger partial charge in [0.2, 0.25) is 22.7 Å². The van der Waals surface area contributed by atoms with E-state index in [2.05, 4.69) is 10.0 Å². The van der Waals surface area contributed by atoms with Crippen LogP contribution >= 0.6 is 0 Å². The molecule has 2 aromatic carbocycles. The van der Waals surface area contributed by atoms with Gasteiger partial charge in [0.05, 0.1) is 11.4 Å². The fraction of sp³-hybridized carbons (Fsp3) is 0.133. The molecule has 3 rings (SSSR count). The summed E-state index contributed by atoms with van der Waals surface area (Å²) in [5.41, 5.74) is 0.00572. The maximum atomic E-state index is 13.1. The Morgan fingerprint density at radius 1 is 1.04 bits per heavy atom. The highest BCUT2D eigenvalue weighted by molar-refractivity contribution is 7.89. The Morgan fingerprint density at radius 3 is 2.56 bits per heavy atom. The van der Waals surface area contributed by atoms with Gasteiger partial charge in [-0.3, -0.25) is 4.79 Å². The zero-order valence-corrected chi connectivity index (χ0v) is 13.4. The minimum Gasteiger partial charge on any atom is -0.454 e. The average molecular weight is 370 g/mol. The van der Waals surface area contributed by atoms with Crippen molar-refractivity contribution in [2.24, 2.45) is 0 Å². The van der Waals surface area contributed by atoms with E-state index in [1.807, 2.05) is 0 Å². The molecule has 132 valence electrons. The SMILES string of the molecule is O=C(CNS(=O)(=O)c1ccc2c(c1)OCO2)Nc1ccc(F)c(F)c1. The summed E-state index contributed by atoms with van der Waals surface area (Å²) in [6, 6.07) is 6.82. The lowest BCUT2D eigenvalue weighted by atomic mass is 10.3. The zero-order chi connectivity index (χ0) is 18.0. The highest BCUT2D eigenvalue weighted by atomic mass is 32.2. The largest absolute Gasteiger partial charge is 0.454 e. The number of carbonyl (C=O) groups excluding carboxylic acids is 1. The number of benzene rings is 2. The van der Waals surface area contributed by atoms with Crippen LogP contribution in [0.1, 0.15) is 0 Å². The summed E-state index contributed by atoms with van der Waals surface area (Å²) >= 11 is 0. The van der Waals surface area contributed by atoms with E-state index in [4.69, 9.17) is 9.47 Å². The van der Waals surface area contributed by atoms with Crippen LogP contribution in [0, 0.1) is 11.6 Å². The second kappa shape index (κ2) is 6.65. The number of nitrogens with one attached hydrogen (secondary N) is 2. The third-order valence-electron chi connectivity index (χ3n) is 3.28. The van der Waals surface area contributed by atoms with Gasteiger partial charge < -0.3 is 14.8 Å². The van der Waals surface area contributed by atoms with Gasteiger partial charge in [-0.25, -0.2) is 21.9 Å². The van der Waals surface area contributed by atoms with Crippen molar-refractivity contribution in [2.45, 2.75) is 4.90 Å². The Kier molecular flexibility index (Phi) is 4.55. The Morgan fingerprint density at radius 2 is 1.80 bits per heavy atom. The number of amides is 1. The summed E-state index contributed by atoms with van der Waals surface area (Å²) < 4.78 is 62.6. The summed E-state index contributed by atoms with van der Waals surface area (Å²) in [5, 5.41) is 2.26. The summed E-state index contributed by atoms with van der Waals surface area (Å²) in [6.45, 7) is -0.585. The van der Waals surface area contributed by atoms with Crippen LogP contribution in [0.2, 0.25) is 0 Å². The topological polar surface area (TPSA) is 93.7 Å². The number of sulfonamides is 1. The number of hydrogen-bond acceptors (Lipinski definition) is 5. The van der Waals surface area contributed by atoms with E-state index in [0.717, 1.165) is 18.2 Å². The quantitative estimate of drug-likeness (QED) is 0.834. The van der Waals surface area contributed by atoms with Gasteiger partial charge in [-0.1, -0.05) is 0 Å². The van der Waals surface area contributed by atoms with E-state index in [0.29, 0.717) is 5.75 Å². The van der Waals surface area contributed by atoms with Gasteiger partial charge in [-0.2, -0.15) is 0 Å². The zero-order valence-electron chi connectivity index (χ0n) is 12.6. The molecule has 1 heterocycles. The van der Waals surface area contributed by atoms with Crippen molar-refractivity contribution in [3.05, 3.63) is 48.0 Å². The van der Waals surface area contributed by atoms with Gasteiger partial charge in [0.1, 0.15) is 0 Å². The lowest BCUT2D eigenvalue weighted by molar-refractivity contribution is -0.115. The summed E-state index contributed by atoms with van der Waals surface area (Å²) in [5.74, 6) is -2.21. The molecule has 25 heavy (non-hydrogen) atoms. The number of fused-ring (bicyclic) bond motifs is 1. The van der Waals surface area contributed by atoms with Gasteiger partial charge in [0, 0.05) is 17.8 Å². The average Bonchev–Trinajstić information content (AvgIpc) is 3.04. The van der Waals surface area contributed by atoms with E-state index in [1.165, 1.54) is 18.2 Å². The van der Waals surface area contributed by atoms with Gasteiger partial charge >= 0.3 is 0 Å². The van der Waals surface area contributed by atoms with Crippen molar-refractivity contribution in [1.82, 2.24) is 4.72 Å². The van der Waals surface area contributed by atoms with E-state index in [9.17, 15) is 22.0 Å². The molecule has 2 aromatic rings. The Hall–Kier alpha value is -2.72. The molecule has 10 heteroatoms. The van der Waals surface area contributed by atoms with Crippen molar-refractivity contribution in [3.8, 4) is 11.5 Å². The molecule has 0 fully saturated rings. The molecule has 1 aliphatic heterocycles. The first-order chi connectivity index (χ1) is 11.8. The van der Waals surface area contributed by atoms with E-state index >= 15 is 0 Å². The van der Waals surface area contributed by atoms with E-state index in [-0.39, 0.29) is 23.1 Å². The van der Waals surface area contributed by atoms with Crippen LogP contribution in [0.25, 0.3) is 0 Å². The van der Waals surface area contributed by atoms with Gasteiger partial charge in [-0.15, -0.1) is 0 Å². The molecule has 1 aliphatic rings. The maximum Gasteiger partial charge on any atom is 0.241 e.